The molecule has 0 fully saturated rings. The molecule has 1 unspecified atom stereocenters. The standard InChI is InChI=1S/C12H14N2O3S2/c1-5(2)8(11(16)17)19-12-13-9(15)7-4-6(3)18-10(7)14-12/h4-5,8H,1-3H3,(H,16,17)(H,13,14,15). The van der Waals surface area contributed by atoms with Gasteiger partial charge >= 0.3 is 5.97 Å². The van der Waals surface area contributed by atoms with Crippen molar-refractivity contribution in [3.05, 3.63) is 21.3 Å². The number of carboxylic acid groups (broad SMARTS) is 1. The maximum Gasteiger partial charge on any atom is 0.317 e. The molecule has 0 bridgehead atoms. The summed E-state index contributed by atoms with van der Waals surface area (Å²) in [5, 5.41) is 9.45. The molecule has 2 N–H and O–H groups in total. The average Bonchev–Trinajstić information content (AvgIpc) is 2.66. The number of H-pyrrole nitrogens is 1. The molecular weight excluding hydrogens is 284 g/mol. The number of carboxylic acids is 1. The Morgan fingerprint density at radius 1 is 1.53 bits per heavy atom. The maximum absolute atomic E-state index is 11.9. The molecule has 0 radical (unpaired) electrons. The normalized spacial score (nSPS) is 13.1. The van der Waals surface area contributed by atoms with E-state index in [1.807, 2.05) is 20.8 Å². The van der Waals surface area contributed by atoms with Crippen LogP contribution in [-0.2, 0) is 4.79 Å². The summed E-state index contributed by atoms with van der Waals surface area (Å²) >= 11 is 2.52. The van der Waals surface area contributed by atoms with Crippen LogP contribution in [-0.4, -0.2) is 26.3 Å². The topological polar surface area (TPSA) is 83.0 Å². The van der Waals surface area contributed by atoms with Crippen molar-refractivity contribution in [2.24, 2.45) is 5.92 Å². The number of aromatic amines is 1. The number of nitrogens with one attached hydrogen (secondary N) is 1. The molecule has 0 saturated carbocycles. The summed E-state index contributed by atoms with van der Waals surface area (Å²) in [6.07, 6.45) is 0. The minimum absolute atomic E-state index is 0.0476. The Labute approximate surface area is 118 Å². The zero-order valence-corrected chi connectivity index (χ0v) is 12.4. The van der Waals surface area contributed by atoms with Gasteiger partial charge in [-0.15, -0.1) is 11.3 Å². The molecule has 0 aliphatic heterocycles. The Balaban J connectivity index is 2.40. The van der Waals surface area contributed by atoms with Crippen molar-refractivity contribution < 1.29 is 9.90 Å². The van der Waals surface area contributed by atoms with Crippen LogP contribution < -0.4 is 5.56 Å². The molecule has 1 atom stereocenters. The third kappa shape index (κ3) is 2.98. The lowest BCUT2D eigenvalue weighted by atomic mass is 10.1. The zero-order chi connectivity index (χ0) is 14.2. The lowest BCUT2D eigenvalue weighted by molar-refractivity contribution is -0.137. The van der Waals surface area contributed by atoms with Gasteiger partial charge < -0.3 is 10.1 Å². The van der Waals surface area contributed by atoms with Gasteiger partial charge in [0, 0.05) is 4.88 Å². The van der Waals surface area contributed by atoms with Crippen molar-refractivity contribution in [1.29, 1.82) is 0 Å². The summed E-state index contributed by atoms with van der Waals surface area (Å²) < 4.78 is 0. The largest absolute Gasteiger partial charge is 0.480 e. The quantitative estimate of drug-likeness (QED) is 0.669. The second kappa shape index (κ2) is 5.34. The van der Waals surface area contributed by atoms with Crippen LogP contribution in [0.4, 0.5) is 0 Å². The van der Waals surface area contributed by atoms with E-state index in [4.69, 9.17) is 5.11 Å². The fourth-order valence-electron chi connectivity index (χ4n) is 1.68. The fourth-order valence-corrected chi connectivity index (χ4v) is 3.53. The minimum Gasteiger partial charge on any atom is -0.480 e. The molecule has 5 nitrogen and oxygen atoms in total. The molecule has 0 saturated heterocycles. The molecule has 0 spiro atoms. The molecule has 0 aromatic carbocycles. The molecule has 0 aliphatic carbocycles. The van der Waals surface area contributed by atoms with Crippen LogP contribution in [0.2, 0.25) is 0 Å². The van der Waals surface area contributed by atoms with Crippen LogP contribution in [0.1, 0.15) is 18.7 Å². The Hall–Kier alpha value is -1.34. The highest BCUT2D eigenvalue weighted by Crippen LogP contribution is 2.27. The van der Waals surface area contributed by atoms with E-state index in [1.165, 1.54) is 11.3 Å². The van der Waals surface area contributed by atoms with Crippen LogP contribution in [0.5, 0.6) is 0 Å². The van der Waals surface area contributed by atoms with E-state index < -0.39 is 11.2 Å². The minimum atomic E-state index is -0.898. The summed E-state index contributed by atoms with van der Waals surface area (Å²) in [4.78, 5) is 31.7. The molecule has 19 heavy (non-hydrogen) atoms. The Morgan fingerprint density at radius 3 is 2.79 bits per heavy atom. The lowest BCUT2D eigenvalue weighted by Crippen LogP contribution is -2.23. The number of hydrogen-bond acceptors (Lipinski definition) is 5. The Bertz CT molecular complexity index is 675. The molecule has 2 aromatic rings. The van der Waals surface area contributed by atoms with Gasteiger partial charge in [0.25, 0.3) is 5.56 Å². The number of fused-ring (bicyclic) bond motifs is 1. The van der Waals surface area contributed by atoms with Gasteiger partial charge in [-0.2, -0.15) is 0 Å². The van der Waals surface area contributed by atoms with E-state index in [2.05, 4.69) is 9.97 Å². The fraction of sp³-hybridized carbons (Fsp3) is 0.417. The maximum atomic E-state index is 11.9. The highest BCUT2D eigenvalue weighted by atomic mass is 32.2. The van der Waals surface area contributed by atoms with Crippen molar-refractivity contribution in [2.45, 2.75) is 31.2 Å². The van der Waals surface area contributed by atoms with Gasteiger partial charge in [-0.05, 0) is 18.9 Å². The number of hydrogen-bond donors (Lipinski definition) is 2. The van der Waals surface area contributed by atoms with E-state index in [1.54, 1.807) is 6.07 Å². The number of aryl methyl sites for hydroxylation is 1. The SMILES string of the molecule is Cc1cc2c(=O)[nH]c(SC(C(=O)O)C(C)C)nc2s1. The zero-order valence-electron chi connectivity index (χ0n) is 10.8. The van der Waals surface area contributed by atoms with Crippen molar-refractivity contribution in [1.82, 2.24) is 9.97 Å². The molecule has 2 heterocycles. The number of thioether (sulfide) groups is 1. The van der Waals surface area contributed by atoms with Crippen LogP contribution >= 0.6 is 23.1 Å². The van der Waals surface area contributed by atoms with Crippen LogP contribution in [0.25, 0.3) is 10.2 Å². The lowest BCUT2D eigenvalue weighted by Gasteiger charge is -2.14. The van der Waals surface area contributed by atoms with Gasteiger partial charge in [0.2, 0.25) is 0 Å². The predicted molar refractivity (Wildman–Crippen MR) is 77.1 cm³/mol. The first-order chi connectivity index (χ1) is 8.88. The number of aliphatic carboxylic acids is 1. The summed E-state index contributed by atoms with van der Waals surface area (Å²) in [5.41, 5.74) is -0.218. The third-order valence-electron chi connectivity index (χ3n) is 2.59. The number of aromatic nitrogens is 2. The third-order valence-corrected chi connectivity index (χ3v) is 4.95. The Morgan fingerprint density at radius 2 is 2.21 bits per heavy atom. The molecule has 7 heteroatoms. The van der Waals surface area contributed by atoms with Gasteiger partial charge in [0.05, 0.1) is 5.39 Å². The van der Waals surface area contributed by atoms with Crippen LogP contribution in [0.15, 0.2) is 16.0 Å². The summed E-state index contributed by atoms with van der Waals surface area (Å²) in [6.45, 7) is 5.57. The van der Waals surface area contributed by atoms with E-state index in [9.17, 15) is 9.59 Å². The summed E-state index contributed by atoms with van der Waals surface area (Å²) in [7, 11) is 0. The first-order valence-corrected chi connectivity index (χ1v) is 7.48. The highest BCUT2D eigenvalue weighted by molar-refractivity contribution is 8.00. The van der Waals surface area contributed by atoms with Crippen molar-refractivity contribution in [2.75, 3.05) is 0 Å². The van der Waals surface area contributed by atoms with Gasteiger partial charge in [0.1, 0.15) is 10.1 Å². The Kier molecular flexibility index (Phi) is 3.96. The second-order valence-corrected chi connectivity index (χ2v) is 6.93. The number of thiophene rings is 1. The molecule has 0 amide bonds. The van der Waals surface area contributed by atoms with Gasteiger partial charge in [-0.3, -0.25) is 9.59 Å². The number of nitrogens with zero attached hydrogens (tertiary/aromatic N) is 1. The van der Waals surface area contributed by atoms with Crippen LogP contribution in [0, 0.1) is 12.8 Å². The molecule has 2 rings (SSSR count). The van der Waals surface area contributed by atoms with E-state index >= 15 is 0 Å². The molecule has 0 aliphatic rings. The molecule has 102 valence electrons. The van der Waals surface area contributed by atoms with E-state index in [-0.39, 0.29) is 11.5 Å². The first-order valence-electron chi connectivity index (χ1n) is 5.78. The van der Waals surface area contributed by atoms with E-state index in [0.717, 1.165) is 16.6 Å². The monoisotopic (exact) mass is 298 g/mol. The first kappa shape index (κ1) is 14.1. The predicted octanol–water partition coefficient (Wildman–Crippen LogP) is 2.49. The van der Waals surface area contributed by atoms with Crippen molar-refractivity contribution in [3.63, 3.8) is 0 Å². The van der Waals surface area contributed by atoms with Gasteiger partial charge in [-0.1, -0.05) is 25.6 Å². The molecule has 2 aromatic heterocycles. The highest BCUT2D eigenvalue weighted by Gasteiger charge is 2.24. The second-order valence-electron chi connectivity index (χ2n) is 4.57. The smallest absolute Gasteiger partial charge is 0.317 e. The number of rotatable bonds is 4. The summed E-state index contributed by atoms with van der Waals surface area (Å²) in [5.74, 6) is -0.946. The molecular formula is C12H14N2O3S2. The average molecular weight is 298 g/mol. The van der Waals surface area contributed by atoms with E-state index in [0.29, 0.717) is 15.4 Å². The summed E-state index contributed by atoms with van der Waals surface area (Å²) in [6, 6.07) is 1.79. The van der Waals surface area contributed by atoms with Crippen molar-refractivity contribution in [3.8, 4) is 0 Å². The van der Waals surface area contributed by atoms with Gasteiger partial charge in [-0.25, -0.2) is 4.98 Å². The number of carbonyl (C=O) groups is 1. The van der Waals surface area contributed by atoms with Crippen LogP contribution in [0.3, 0.4) is 0 Å². The van der Waals surface area contributed by atoms with Gasteiger partial charge in [0.15, 0.2) is 5.16 Å². The van der Waals surface area contributed by atoms with Crippen molar-refractivity contribution >= 4 is 39.3 Å².